The van der Waals surface area contributed by atoms with Crippen molar-refractivity contribution in [3.63, 3.8) is 0 Å². The largest absolute Gasteiger partial charge is 0.445 e. The molecule has 0 saturated heterocycles. The summed E-state index contributed by atoms with van der Waals surface area (Å²) in [5.74, 6) is -3.25. The second kappa shape index (κ2) is 18.9. The Labute approximate surface area is 277 Å². The molecule has 5 atom stereocenters. The third-order valence-corrected chi connectivity index (χ3v) is 8.25. The van der Waals surface area contributed by atoms with E-state index in [4.69, 9.17) is 4.74 Å². The van der Waals surface area contributed by atoms with Gasteiger partial charge < -0.3 is 31.1 Å². The van der Waals surface area contributed by atoms with Crippen LogP contribution in [0.2, 0.25) is 0 Å². The van der Waals surface area contributed by atoms with Gasteiger partial charge in [-0.25, -0.2) is 13.2 Å². The van der Waals surface area contributed by atoms with E-state index in [-0.39, 0.29) is 30.8 Å². The summed E-state index contributed by atoms with van der Waals surface area (Å²) in [4.78, 5) is 55.8. The lowest BCUT2D eigenvalue weighted by Crippen LogP contribution is -2.55. The van der Waals surface area contributed by atoms with Gasteiger partial charge in [-0.3, -0.25) is 19.4 Å². The Balaban J connectivity index is 2.06. The molecule has 5 N–H and O–H groups in total. The molecule has 0 radical (unpaired) electrons. The quantitative estimate of drug-likeness (QED) is 0.157. The third kappa shape index (κ3) is 14.9. The highest BCUT2D eigenvalue weighted by Gasteiger charge is 2.33. The fourth-order valence-electron chi connectivity index (χ4n) is 4.76. The molecule has 260 valence electrons. The number of pyridine rings is 1. The van der Waals surface area contributed by atoms with Crippen molar-refractivity contribution in [1.29, 1.82) is 0 Å². The summed E-state index contributed by atoms with van der Waals surface area (Å²) in [6.45, 7) is 9.19. The van der Waals surface area contributed by atoms with E-state index < -0.39 is 63.6 Å². The van der Waals surface area contributed by atoms with E-state index >= 15 is 0 Å². The van der Waals surface area contributed by atoms with Crippen LogP contribution in [0.4, 0.5) is 4.79 Å². The summed E-state index contributed by atoms with van der Waals surface area (Å²) in [5.41, 5.74) is 1.56. The van der Waals surface area contributed by atoms with Gasteiger partial charge in [0.15, 0.2) is 0 Å². The van der Waals surface area contributed by atoms with Gasteiger partial charge in [-0.15, -0.1) is 0 Å². The number of hydrogen-bond acceptors (Lipinski definition) is 9. The van der Waals surface area contributed by atoms with Crippen LogP contribution < -0.4 is 21.3 Å². The Morgan fingerprint density at radius 2 is 1.47 bits per heavy atom. The van der Waals surface area contributed by atoms with Crippen LogP contribution in [-0.2, 0) is 42.1 Å². The van der Waals surface area contributed by atoms with Gasteiger partial charge in [-0.05, 0) is 47.9 Å². The van der Waals surface area contributed by atoms with E-state index in [2.05, 4.69) is 26.3 Å². The van der Waals surface area contributed by atoms with Crippen molar-refractivity contribution >= 4 is 33.7 Å². The van der Waals surface area contributed by atoms with Gasteiger partial charge >= 0.3 is 6.09 Å². The Hall–Kier alpha value is -4.04. The molecule has 1 aromatic carbocycles. The number of benzene rings is 1. The molecule has 0 aliphatic rings. The van der Waals surface area contributed by atoms with Gasteiger partial charge in [0, 0.05) is 31.1 Å². The monoisotopic (exact) mass is 675 g/mol. The molecular weight excluding hydrogens is 626 g/mol. The summed E-state index contributed by atoms with van der Waals surface area (Å²) in [6.07, 6.45) is 2.02. The summed E-state index contributed by atoms with van der Waals surface area (Å²) < 4.78 is 29.4. The molecule has 47 heavy (non-hydrogen) atoms. The number of rotatable bonds is 18. The topological polar surface area (TPSA) is 193 Å². The smallest absolute Gasteiger partial charge is 0.408 e. The van der Waals surface area contributed by atoms with Crippen LogP contribution in [0.3, 0.4) is 0 Å². The van der Waals surface area contributed by atoms with Gasteiger partial charge in [0.05, 0.1) is 17.9 Å². The molecule has 1 heterocycles. The number of carbonyl (C=O) groups excluding carboxylic acids is 4. The van der Waals surface area contributed by atoms with Crippen LogP contribution in [0.5, 0.6) is 0 Å². The predicted molar refractivity (Wildman–Crippen MR) is 177 cm³/mol. The molecule has 0 saturated carbocycles. The average Bonchev–Trinajstić information content (AvgIpc) is 3.00. The second-order valence-electron chi connectivity index (χ2n) is 12.6. The number of hydrogen-bond donors (Lipinski definition) is 5. The highest BCUT2D eigenvalue weighted by atomic mass is 32.2. The molecule has 2 aromatic rings. The lowest BCUT2D eigenvalue weighted by molar-refractivity contribution is -0.132. The first-order valence-corrected chi connectivity index (χ1v) is 17.7. The third-order valence-electron chi connectivity index (χ3n) is 7.31. The molecule has 14 heteroatoms. The molecule has 0 aliphatic heterocycles. The zero-order valence-corrected chi connectivity index (χ0v) is 28.8. The molecule has 0 fully saturated rings. The second-order valence-corrected chi connectivity index (χ2v) is 14.8. The Morgan fingerprint density at radius 3 is 2.04 bits per heavy atom. The fourth-order valence-corrected chi connectivity index (χ4v) is 5.60. The Kier molecular flexibility index (Phi) is 15.8. The number of sulfone groups is 1. The number of alkyl carbamates (subject to hydrolysis) is 1. The van der Waals surface area contributed by atoms with E-state index in [1.54, 1.807) is 19.1 Å². The van der Waals surface area contributed by atoms with E-state index in [1.807, 2.05) is 58.0 Å². The molecule has 2 rings (SSSR count). The zero-order chi connectivity index (χ0) is 35.1. The number of ether oxygens (including phenoxy) is 1. The van der Waals surface area contributed by atoms with Crippen molar-refractivity contribution < 1.29 is 37.4 Å². The van der Waals surface area contributed by atoms with Crippen LogP contribution in [-0.4, -0.2) is 78.6 Å². The number of nitrogens with zero attached hydrogens (tertiary/aromatic N) is 1. The van der Waals surface area contributed by atoms with Gasteiger partial charge in [0.1, 0.15) is 28.5 Å². The van der Waals surface area contributed by atoms with Gasteiger partial charge in [0.2, 0.25) is 17.7 Å². The normalized spacial score (nSPS) is 14.7. The average molecular weight is 676 g/mol. The number of aliphatic hydroxyl groups excluding tert-OH is 1. The lowest BCUT2D eigenvalue weighted by atomic mass is 9.91. The zero-order valence-electron chi connectivity index (χ0n) is 27.9. The maximum atomic E-state index is 13.3. The summed E-state index contributed by atoms with van der Waals surface area (Å²) in [6, 6.07) is 9.47. The summed E-state index contributed by atoms with van der Waals surface area (Å²) >= 11 is 0. The van der Waals surface area contributed by atoms with Crippen LogP contribution in [0, 0.1) is 17.8 Å². The van der Waals surface area contributed by atoms with E-state index in [9.17, 15) is 32.7 Å². The number of aliphatic hydroxyl groups is 1. The molecule has 0 spiro atoms. The van der Waals surface area contributed by atoms with E-state index in [0.29, 0.717) is 18.5 Å². The molecule has 0 aliphatic carbocycles. The molecule has 0 bridgehead atoms. The van der Waals surface area contributed by atoms with Crippen molar-refractivity contribution in [1.82, 2.24) is 26.3 Å². The first kappa shape index (κ1) is 39.1. The summed E-state index contributed by atoms with van der Waals surface area (Å²) in [7, 11) is -3.72. The lowest BCUT2D eigenvalue weighted by Gasteiger charge is -2.30. The Morgan fingerprint density at radius 1 is 0.830 bits per heavy atom. The summed E-state index contributed by atoms with van der Waals surface area (Å²) in [5, 5.41) is 21.8. The highest BCUT2D eigenvalue weighted by Crippen LogP contribution is 2.17. The van der Waals surface area contributed by atoms with Crippen molar-refractivity contribution in [2.75, 3.05) is 12.0 Å². The molecule has 1 aromatic heterocycles. The number of nitrogens with one attached hydrogen (secondary N) is 4. The Bertz CT molecular complexity index is 1410. The van der Waals surface area contributed by atoms with Crippen molar-refractivity contribution in [3.05, 3.63) is 66.0 Å². The minimum Gasteiger partial charge on any atom is -0.445 e. The van der Waals surface area contributed by atoms with E-state index in [0.717, 1.165) is 11.8 Å². The van der Waals surface area contributed by atoms with Crippen molar-refractivity contribution in [3.8, 4) is 0 Å². The number of amides is 4. The van der Waals surface area contributed by atoms with Crippen LogP contribution in [0.1, 0.15) is 58.6 Å². The number of aromatic nitrogens is 1. The van der Waals surface area contributed by atoms with E-state index in [1.165, 1.54) is 12.4 Å². The minimum atomic E-state index is -3.72. The van der Waals surface area contributed by atoms with Crippen molar-refractivity contribution in [2.24, 2.45) is 17.8 Å². The minimum absolute atomic E-state index is 0.00404. The first-order chi connectivity index (χ1) is 22.1. The standard InChI is InChI=1S/C33H49N5O8S/c1-21(2)16-26(36-31(41)27(20-47(6,44)45)37-33(43)46-19-25-12-14-34-15-13-25)28(39)17-23(5)30(40)38-29(22(3)4)32(42)35-18-24-10-8-7-9-11-24/h7-15,21-23,26-29,39H,16-20H2,1-6H3,(H,35,42)(H,36,41)(H,37,43)(H,38,40)/t23-,26+,27+,28+,29+/m1/s1. The molecule has 13 nitrogen and oxygen atoms in total. The molecule has 0 unspecified atom stereocenters. The fraction of sp³-hybridized carbons (Fsp3) is 0.545. The number of carbonyl (C=O) groups is 4. The van der Waals surface area contributed by atoms with Crippen molar-refractivity contribution in [2.45, 2.75) is 84.8 Å². The SMILES string of the molecule is CC(C)C[C@H](NC(=O)[C@H](CS(C)(=O)=O)NC(=O)OCc1ccncc1)[C@@H](O)C[C@@H](C)C(=O)N[C@H](C(=O)NCc1ccccc1)C(C)C. The molecule has 4 amide bonds. The van der Waals surface area contributed by atoms with Gasteiger partial charge in [0.25, 0.3) is 0 Å². The molecular formula is C33H49N5O8S. The predicted octanol–water partition coefficient (Wildman–Crippen LogP) is 2.10. The van der Waals surface area contributed by atoms with Gasteiger partial charge in [-0.2, -0.15) is 0 Å². The van der Waals surface area contributed by atoms with Crippen LogP contribution >= 0.6 is 0 Å². The van der Waals surface area contributed by atoms with Gasteiger partial charge in [-0.1, -0.05) is 65.0 Å². The van der Waals surface area contributed by atoms with Crippen LogP contribution in [0.15, 0.2) is 54.9 Å². The maximum Gasteiger partial charge on any atom is 0.408 e. The first-order valence-electron chi connectivity index (χ1n) is 15.7. The maximum absolute atomic E-state index is 13.3. The highest BCUT2D eigenvalue weighted by molar-refractivity contribution is 7.90. The van der Waals surface area contributed by atoms with Crippen LogP contribution in [0.25, 0.3) is 0 Å².